The summed E-state index contributed by atoms with van der Waals surface area (Å²) in [5, 5.41) is 9.08. The Morgan fingerprint density at radius 3 is 2.48 bits per heavy atom. The number of benzene rings is 2. The maximum Gasteiger partial charge on any atom is 0.334 e. The van der Waals surface area contributed by atoms with Crippen molar-refractivity contribution in [2.45, 2.75) is 6.10 Å². The monoisotopic (exact) mass is 368 g/mol. The van der Waals surface area contributed by atoms with Crippen LogP contribution in [0.25, 0.3) is 0 Å². The summed E-state index contributed by atoms with van der Waals surface area (Å²) in [6.45, 7) is 0.457. The van der Waals surface area contributed by atoms with Crippen LogP contribution < -0.4 is 4.90 Å². The van der Waals surface area contributed by atoms with Crippen LogP contribution >= 0.6 is 0 Å². The summed E-state index contributed by atoms with van der Waals surface area (Å²) in [7, 11) is 1.67. The number of hydrogen-bond donors (Lipinski definition) is 1. The summed E-state index contributed by atoms with van der Waals surface area (Å²) >= 11 is 0. The second kappa shape index (κ2) is 8.01. The summed E-state index contributed by atoms with van der Waals surface area (Å²) in [6.07, 6.45) is -1.03. The molecule has 2 amide bonds. The van der Waals surface area contributed by atoms with E-state index in [1.807, 2.05) is 30.3 Å². The summed E-state index contributed by atoms with van der Waals surface area (Å²) < 4.78 is 5.14. The number of para-hydroxylation sites is 1. The number of morpholine rings is 1. The van der Waals surface area contributed by atoms with E-state index in [1.54, 1.807) is 25.2 Å². The summed E-state index contributed by atoms with van der Waals surface area (Å²) in [5.74, 6) is -1.65. The fourth-order valence-corrected chi connectivity index (χ4v) is 2.91. The van der Waals surface area contributed by atoms with Crippen molar-refractivity contribution in [3.63, 3.8) is 0 Å². The molecule has 140 valence electrons. The van der Waals surface area contributed by atoms with Crippen molar-refractivity contribution >= 4 is 23.5 Å². The fraction of sp³-hybridized carbons (Fsp3) is 0.250. The molecule has 7 heteroatoms. The molecule has 1 heterocycles. The van der Waals surface area contributed by atoms with Crippen LogP contribution in [0.3, 0.4) is 0 Å². The Hall–Kier alpha value is -3.19. The van der Waals surface area contributed by atoms with Crippen molar-refractivity contribution in [3.8, 4) is 0 Å². The van der Waals surface area contributed by atoms with Crippen molar-refractivity contribution in [2.75, 3.05) is 31.6 Å². The van der Waals surface area contributed by atoms with Crippen molar-refractivity contribution in [2.24, 2.45) is 0 Å². The highest BCUT2D eigenvalue weighted by molar-refractivity contribution is 6.07. The van der Waals surface area contributed by atoms with Gasteiger partial charge in [-0.1, -0.05) is 24.3 Å². The van der Waals surface area contributed by atoms with Crippen LogP contribution in [-0.4, -0.2) is 60.6 Å². The Labute approximate surface area is 156 Å². The smallest absolute Gasteiger partial charge is 0.334 e. The van der Waals surface area contributed by atoms with Gasteiger partial charge in [-0.05, 0) is 30.3 Å². The van der Waals surface area contributed by atoms with Crippen molar-refractivity contribution in [1.29, 1.82) is 0 Å². The number of carbonyl (C=O) groups is 3. The van der Waals surface area contributed by atoms with Crippen molar-refractivity contribution < 1.29 is 24.2 Å². The van der Waals surface area contributed by atoms with Crippen LogP contribution in [0.15, 0.2) is 54.6 Å². The average molecular weight is 368 g/mol. The second-order valence-corrected chi connectivity index (χ2v) is 6.23. The molecular formula is C20H20N2O5. The van der Waals surface area contributed by atoms with E-state index in [4.69, 9.17) is 9.84 Å². The molecule has 1 aliphatic rings. The van der Waals surface area contributed by atoms with Crippen LogP contribution in [0.5, 0.6) is 0 Å². The largest absolute Gasteiger partial charge is 0.479 e. The van der Waals surface area contributed by atoms with Gasteiger partial charge in [0.05, 0.1) is 13.2 Å². The molecule has 1 unspecified atom stereocenters. The number of nitrogens with zero attached hydrogens (tertiary/aromatic N) is 2. The number of ether oxygens (including phenoxy) is 1. The van der Waals surface area contributed by atoms with Gasteiger partial charge in [0, 0.05) is 30.4 Å². The zero-order valence-electron chi connectivity index (χ0n) is 14.9. The fourth-order valence-electron chi connectivity index (χ4n) is 2.91. The highest BCUT2D eigenvalue weighted by Crippen LogP contribution is 2.17. The number of anilines is 1. The Morgan fingerprint density at radius 2 is 1.78 bits per heavy atom. The highest BCUT2D eigenvalue weighted by atomic mass is 16.5. The topological polar surface area (TPSA) is 87.2 Å². The molecule has 1 aliphatic heterocycles. The van der Waals surface area contributed by atoms with E-state index in [0.717, 1.165) is 5.69 Å². The van der Waals surface area contributed by atoms with Gasteiger partial charge >= 0.3 is 5.97 Å². The van der Waals surface area contributed by atoms with E-state index in [2.05, 4.69) is 0 Å². The highest BCUT2D eigenvalue weighted by Gasteiger charge is 2.29. The van der Waals surface area contributed by atoms with E-state index in [1.165, 1.54) is 15.9 Å². The van der Waals surface area contributed by atoms with E-state index in [0.29, 0.717) is 17.7 Å². The maximum atomic E-state index is 12.7. The van der Waals surface area contributed by atoms with Gasteiger partial charge in [-0.15, -0.1) is 0 Å². The summed E-state index contributed by atoms with van der Waals surface area (Å²) in [6, 6.07) is 15.7. The molecular weight excluding hydrogens is 348 g/mol. The first-order valence-electron chi connectivity index (χ1n) is 8.54. The Morgan fingerprint density at radius 1 is 1.07 bits per heavy atom. The molecule has 2 aromatic carbocycles. The van der Waals surface area contributed by atoms with Crippen molar-refractivity contribution in [3.05, 3.63) is 65.7 Å². The van der Waals surface area contributed by atoms with E-state index >= 15 is 0 Å². The lowest BCUT2D eigenvalue weighted by molar-refractivity contribution is -0.154. The molecule has 0 aliphatic carbocycles. The minimum Gasteiger partial charge on any atom is -0.479 e. The first kappa shape index (κ1) is 18.6. The maximum absolute atomic E-state index is 12.7. The molecule has 1 N–H and O–H groups in total. The normalized spacial score (nSPS) is 16.6. The number of hydrogen-bond acceptors (Lipinski definition) is 4. The minimum absolute atomic E-state index is 0.0176. The number of carboxylic acid groups (broad SMARTS) is 1. The molecule has 27 heavy (non-hydrogen) atoms. The van der Waals surface area contributed by atoms with Crippen LogP contribution in [-0.2, 0) is 9.53 Å². The predicted molar refractivity (Wildman–Crippen MR) is 98.9 cm³/mol. The van der Waals surface area contributed by atoms with Gasteiger partial charge < -0.3 is 19.6 Å². The van der Waals surface area contributed by atoms with E-state index in [9.17, 15) is 14.4 Å². The summed E-state index contributed by atoms with van der Waals surface area (Å²) in [5.41, 5.74) is 1.47. The molecule has 3 rings (SSSR count). The number of carboxylic acids is 1. The molecule has 7 nitrogen and oxygen atoms in total. The third-order valence-electron chi connectivity index (χ3n) is 4.43. The zero-order valence-corrected chi connectivity index (χ0v) is 14.9. The zero-order chi connectivity index (χ0) is 19.4. The lowest BCUT2D eigenvalue weighted by atomic mass is 10.1. The minimum atomic E-state index is -1.10. The first-order chi connectivity index (χ1) is 13.0. The molecule has 0 spiro atoms. The number of aliphatic carboxylic acids is 1. The van der Waals surface area contributed by atoms with Gasteiger partial charge in [-0.25, -0.2) is 4.79 Å². The molecule has 1 fully saturated rings. The molecule has 0 radical (unpaired) electrons. The first-order valence-corrected chi connectivity index (χ1v) is 8.54. The number of carbonyl (C=O) groups excluding carboxylic acids is 2. The third kappa shape index (κ3) is 4.15. The molecule has 0 saturated carbocycles. The van der Waals surface area contributed by atoms with Gasteiger partial charge in [-0.3, -0.25) is 9.59 Å². The predicted octanol–water partition coefficient (Wildman–Crippen LogP) is 1.89. The lowest BCUT2D eigenvalue weighted by Crippen LogP contribution is -2.48. The van der Waals surface area contributed by atoms with E-state index < -0.39 is 12.1 Å². The van der Waals surface area contributed by atoms with Gasteiger partial charge in [0.2, 0.25) is 0 Å². The molecule has 0 aromatic heterocycles. The lowest BCUT2D eigenvalue weighted by Gasteiger charge is -2.31. The Bertz CT molecular complexity index is 852. The quantitative estimate of drug-likeness (QED) is 0.891. The van der Waals surface area contributed by atoms with Crippen LogP contribution in [0, 0.1) is 0 Å². The van der Waals surface area contributed by atoms with Gasteiger partial charge in [0.25, 0.3) is 11.8 Å². The van der Waals surface area contributed by atoms with E-state index in [-0.39, 0.29) is 25.0 Å². The summed E-state index contributed by atoms with van der Waals surface area (Å²) in [4.78, 5) is 39.5. The van der Waals surface area contributed by atoms with Crippen LogP contribution in [0.1, 0.15) is 20.7 Å². The molecule has 0 bridgehead atoms. The Balaban J connectivity index is 1.78. The molecule has 2 aromatic rings. The molecule has 1 saturated heterocycles. The Kier molecular flexibility index (Phi) is 5.52. The number of rotatable bonds is 4. The number of amides is 2. The van der Waals surface area contributed by atoms with Crippen LogP contribution in [0.4, 0.5) is 5.69 Å². The van der Waals surface area contributed by atoms with Crippen molar-refractivity contribution in [1.82, 2.24) is 4.90 Å². The third-order valence-corrected chi connectivity index (χ3v) is 4.43. The SMILES string of the molecule is CN(C(=O)c1cccc(C(=O)N2CCOC(C(=O)O)C2)c1)c1ccccc1. The standard InChI is InChI=1S/C20H20N2O5/c1-21(16-8-3-2-4-9-16)18(23)14-6-5-7-15(12-14)19(24)22-10-11-27-17(13-22)20(25)26/h2-9,12,17H,10-11,13H2,1H3,(H,25,26). The van der Waals surface area contributed by atoms with Crippen LogP contribution in [0.2, 0.25) is 0 Å². The van der Waals surface area contributed by atoms with Gasteiger partial charge in [0.15, 0.2) is 6.10 Å². The average Bonchev–Trinajstić information content (AvgIpc) is 2.73. The van der Waals surface area contributed by atoms with Gasteiger partial charge in [0.1, 0.15) is 0 Å². The molecule has 1 atom stereocenters. The second-order valence-electron chi connectivity index (χ2n) is 6.23. The van der Waals surface area contributed by atoms with Gasteiger partial charge in [-0.2, -0.15) is 0 Å².